The Morgan fingerprint density at radius 3 is 3.27 bits per heavy atom. The number of anilines is 1. The summed E-state index contributed by atoms with van der Waals surface area (Å²) in [6.07, 6.45) is 4.61. The van der Waals surface area contributed by atoms with Crippen LogP contribution in [0.1, 0.15) is 13.3 Å². The van der Waals surface area contributed by atoms with Crippen molar-refractivity contribution < 1.29 is 0 Å². The minimum absolute atomic E-state index is 0.859. The molecule has 0 aromatic carbocycles. The number of hydrogen-bond donors (Lipinski definition) is 1. The van der Waals surface area contributed by atoms with Gasteiger partial charge >= 0.3 is 0 Å². The van der Waals surface area contributed by atoms with E-state index in [0.29, 0.717) is 0 Å². The normalized spacial score (nSPS) is 9.67. The highest BCUT2D eigenvalue weighted by molar-refractivity contribution is 5.49. The summed E-state index contributed by atoms with van der Waals surface area (Å²) in [6, 6.07) is 6.02. The summed E-state index contributed by atoms with van der Waals surface area (Å²) in [4.78, 5) is 4.22. The number of fused-ring (bicyclic) bond motifs is 1. The van der Waals surface area contributed by atoms with Crippen LogP contribution in [0.5, 0.6) is 0 Å². The maximum Gasteiger partial charge on any atom is 0.138 e. The van der Waals surface area contributed by atoms with Crippen LogP contribution in [0.2, 0.25) is 0 Å². The third kappa shape index (κ3) is 2.10. The lowest BCUT2D eigenvalue weighted by atomic mass is 10.4. The summed E-state index contributed by atoms with van der Waals surface area (Å²) < 4.78 is 2.03. The molecule has 2 rings (SSSR count). The van der Waals surface area contributed by atoms with Crippen molar-refractivity contribution in [3.8, 4) is 11.8 Å². The Morgan fingerprint density at radius 1 is 1.47 bits per heavy atom. The summed E-state index contributed by atoms with van der Waals surface area (Å²) in [6.45, 7) is 2.72. The molecule has 0 saturated heterocycles. The van der Waals surface area contributed by atoms with Gasteiger partial charge in [-0.05, 0) is 19.1 Å². The van der Waals surface area contributed by atoms with Crippen molar-refractivity contribution in [1.29, 1.82) is 0 Å². The molecule has 3 nitrogen and oxygen atoms in total. The standard InChI is InChI=1S/C12H13N3/c1-2-3-4-8-13-11-6-5-7-12-14-9-10-15(11)12/h5-7,9-10,13H,4,8H2,1H3. The van der Waals surface area contributed by atoms with Gasteiger partial charge in [0.15, 0.2) is 0 Å². The second-order valence-electron chi connectivity index (χ2n) is 3.17. The zero-order chi connectivity index (χ0) is 10.5. The van der Waals surface area contributed by atoms with Crippen molar-refractivity contribution in [3.63, 3.8) is 0 Å². The van der Waals surface area contributed by atoms with Crippen molar-refractivity contribution in [2.24, 2.45) is 0 Å². The van der Waals surface area contributed by atoms with Crippen molar-refractivity contribution in [2.45, 2.75) is 13.3 Å². The highest BCUT2D eigenvalue weighted by Gasteiger charge is 1.97. The van der Waals surface area contributed by atoms with Gasteiger partial charge in [0.1, 0.15) is 11.5 Å². The third-order valence-corrected chi connectivity index (χ3v) is 2.16. The molecule has 0 aliphatic heterocycles. The smallest absolute Gasteiger partial charge is 0.138 e. The first kappa shape index (κ1) is 9.60. The molecule has 0 aliphatic carbocycles. The first-order chi connectivity index (χ1) is 7.42. The van der Waals surface area contributed by atoms with E-state index in [1.807, 2.05) is 35.7 Å². The van der Waals surface area contributed by atoms with Crippen molar-refractivity contribution in [1.82, 2.24) is 9.38 Å². The molecule has 0 amide bonds. The Balaban J connectivity index is 2.12. The van der Waals surface area contributed by atoms with Crippen molar-refractivity contribution in [2.75, 3.05) is 11.9 Å². The van der Waals surface area contributed by atoms with Gasteiger partial charge in [-0.3, -0.25) is 4.40 Å². The zero-order valence-corrected chi connectivity index (χ0v) is 8.70. The molecule has 2 aromatic heterocycles. The van der Waals surface area contributed by atoms with E-state index >= 15 is 0 Å². The van der Waals surface area contributed by atoms with Gasteiger partial charge in [0.05, 0.1) is 0 Å². The average molecular weight is 199 g/mol. The highest BCUT2D eigenvalue weighted by Crippen LogP contribution is 2.10. The molecular weight excluding hydrogens is 186 g/mol. The minimum Gasteiger partial charge on any atom is -0.370 e. The van der Waals surface area contributed by atoms with E-state index < -0.39 is 0 Å². The number of aromatic nitrogens is 2. The van der Waals surface area contributed by atoms with Crippen molar-refractivity contribution >= 4 is 11.5 Å². The van der Waals surface area contributed by atoms with Gasteiger partial charge in [-0.15, -0.1) is 11.8 Å². The second-order valence-corrected chi connectivity index (χ2v) is 3.17. The lowest BCUT2D eigenvalue weighted by Crippen LogP contribution is -2.04. The molecule has 15 heavy (non-hydrogen) atoms. The predicted octanol–water partition coefficient (Wildman–Crippen LogP) is 2.16. The Hall–Kier alpha value is -1.95. The molecule has 0 aliphatic rings. The van der Waals surface area contributed by atoms with Crippen LogP contribution in [-0.2, 0) is 0 Å². The maximum absolute atomic E-state index is 4.22. The Morgan fingerprint density at radius 2 is 2.40 bits per heavy atom. The van der Waals surface area contributed by atoms with Gasteiger partial charge in [0, 0.05) is 25.4 Å². The van der Waals surface area contributed by atoms with E-state index in [1.54, 1.807) is 6.20 Å². The third-order valence-electron chi connectivity index (χ3n) is 2.16. The molecule has 0 fully saturated rings. The fourth-order valence-electron chi connectivity index (χ4n) is 1.47. The van der Waals surface area contributed by atoms with E-state index in [0.717, 1.165) is 24.4 Å². The summed E-state index contributed by atoms with van der Waals surface area (Å²) in [5.74, 6) is 6.96. The molecule has 0 saturated carbocycles. The molecule has 0 atom stereocenters. The number of hydrogen-bond acceptors (Lipinski definition) is 2. The Kier molecular flexibility index (Phi) is 2.89. The van der Waals surface area contributed by atoms with Gasteiger partial charge in [0.2, 0.25) is 0 Å². The van der Waals surface area contributed by atoms with Crippen LogP contribution in [0.25, 0.3) is 5.65 Å². The Labute approximate surface area is 89.1 Å². The highest BCUT2D eigenvalue weighted by atomic mass is 15.1. The molecular formula is C12H13N3. The number of imidazole rings is 1. The van der Waals surface area contributed by atoms with Crippen LogP contribution >= 0.6 is 0 Å². The van der Waals surface area contributed by atoms with Crippen molar-refractivity contribution in [3.05, 3.63) is 30.6 Å². The van der Waals surface area contributed by atoms with Crippen LogP contribution in [0.3, 0.4) is 0 Å². The quantitative estimate of drug-likeness (QED) is 0.606. The average Bonchev–Trinajstić information content (AvgIpc) is 2.73. The van der Waals surface area contributed by atoms with Crippen LogP contribution in [-0.4, -0.2) is 15.9 Å². The summed E-state index contributed by atoms with van der Waals surface area (Å²) >= 11 is 0. The van der Waals surface area contributed by atoms with Gasteiger partial charge in [-0.1, -0.05) is 6.07 Å². The van der Waals surface area contributed by atoms with E-state index in [9.17, 15) is 0 Å². The van der Waals surface area contributed by atoms with E-state index in [-0.39, 0.29) is 0 Å². The molecule has 0 unspecified atom stereocenters. The second kappa shape index (κ2) is 4.52. The molecule has 3 heteroatoms. The maximum atomic E-state index is 4.22. The molecule has 0 radical (unpaired) electrons. The largest absolute Gasteiger partial charge is 0.370 e. The van der Waals surface area contributed by atoms with E-state index in [2.05, 4.69) is 22.1 Å². The van der Waals surface area contributed by atoms with E-state index in [4.69, 9.17) is 0 Å². The molecule has 0 spiro atoms. The van der Waals surface area contributed by atoms with Crippen LogP contribution in [0.15, 0.2) is 30.6 Å². The lowest BCUT2D eigenvalue weighted by molar-refractivity contribution is 1.05. The van der Waals surface area contributed by atoms with Gasteiger partial charge < -0.3 is 5.32 Å². The minimum atomic E-state index is 0.859. The van der Waals surface area contributed by atoms with Crippen LogP contribution in [0.4, 0.5) is 5.82 Å². The van der Waals surface area contributed by atoms with E-state index in [1.165, 1.54) is 0 Å². The summed E-state index contributed by atoms with van der Waals surface area (Å²) in [5, 5.41) is 3.33. The summed E-state index contributed by atoms with van der Waals surface area (Å²) in [5.41, 5.74) is 0.960. The first-order valence-corrected chi connectivity index (χ1v) is 4.97. The topological polar surface area (TPSA) is 29.3 Å². The fourth-order valence-corrected chi connectivity index (χ4v) is 1.47. The van der Waals surface area contributed by atoms with Crippen LogP contribution in [0, 0.1) is 11.8 Å². The monoisotopic (exact) mass is 199 g/mol. The van der Waals surface area contributed by atoms with Gasteiger partial charge in [-0.25, -0.2) is 4.98 Å². The van der Waals surface area contributed by atoms with Crippen LogP contribution < -0.4 is 5.32 Å². The number of pyridine rings is 1. The van der Waals surface area contributed by atoms with Gasteiger partial charge in [-0.2, -0.15) is 0 Å². The molecule has 0 bridgehead atoms. The predicted molar refractivity (Wildman–Crippen MR) is 61.7 cm³/mol. The van der Waals surface area contributed by atoms with Gasteiger partial charge in [0.25, 0.3) is 0 Å². The summed E-state index contributed by atoms with van der Waals surface area (Å²) in [7, 11) is 0. The molecule has 2 aromatic rings. The number of rotatable bonds is 3. The molecule has 1 N–H and O–H groups in total. The fraction of sp³-hybridized carbons (Fsp3) is 0.250. The SMILES string of the molecule is CC#CCCNc1cccc2nccn12. The Bertz CT molecular complexity index is 502. The molecule has 2 heterocycles. The number of nitrogens with zero attached hydrogens (tertiary/aromatic N) is 2. The first-order valence-electron chi connectivity index (χ1n) is 4.97. The number of nitrogens with one attached hydrogen (secondary N) is 1. The lowest BCUT2D eigenvalue weighted by Gasteiger charge is -2.06. The molecule has 76 valence electrons. The zero-order valence-electron chi connectivity index (χ0n) is 8.70.